The zero-order valence-electron chi connectivity index (χ0n) is 10.4. The molecule has 0 amide bonds. The highest BCUT2D eigenvalue weighted by Crippen LogP contribution is 2.29. The van der Waals surface area contributed by atoms with E-state index in [-0.39, 0.29) is 22.8 Å². The van der Waals surface area contributed by atoms with Crippen LogP contribution < -0.4 is 4.72 Å². The van der Waals surface area contributed by atoms with Crippen LogP contribution in [0.3, 0.4) is 0 Å². The van der Waals surface area contributed by atoms with Crippen LogP contribution in [0.15, 0.2) is 20.1 Å². The van der Waals surface area contributed by atoms with Gasteiger partial charge in [-0.05, 0) is 40.2 Å². The lowest BCUT2D eigenvalue weighted by Crippen LogP contribution is -2.39. The summed E-state index contributed by atoms with van der Waals surface area (Å²) in [6, 6.07) is 1.71. The Bertz CT molecular complexity index is 472. The molecule has 0 aromatic carbocycles. The molecule has 0 fully saturated rings. The molecule has 0 atom stereocenters. The van der Waals surface area contributed by atoms with Crippen molar-refractivity contribution in [1.29, 1.82) is 0 Å². The first-order valence-electron chi connectivity index (χ1n) is 5.74. The Morgan fingerprint density at radius 2 is 2.06 bits per heavy atom. The highest BCUT2D eigenvalue weighted by atomic mass is 79.9. The van der Waals surface area contributed by atoms with Crippen molar-refractivity contribution in [3.8, 4) is 0 Å². The largest absolute Gasteiger partial charge is 0.396 e. The number of nitrogens with one attached hydrogen (secondary N) is 1. The van der Waals surface area contributed by atoms with Gasteiger partial charge in [0.05, 0.1) is 0 Å². The summed E-state index contributed by atoms with van der Waals surface area (Å²) in [5.41, 5.74) is -0.378. The number of sulfonamides is 1. The quantitative estimate of drug-likeness (QED) is 0.789. The molecule has 18 heavy (non-hydrogen) atoms. The first-order valence-corrected chi connectivity index (χ1v) is 8.90. The lowest BCUT2D eigenvalue weighted by atomic mass is 9.84. The molecule has 0 aliphatic rings. The van der Waals surface area contributed by atoms with Crippen molar-refractivity contribution in [2.75, 3.05) is 13.2 Å². The van der Waals surface area contributed by atoms with Crippen molar-refractivity contribution in [2.24, 2.45) is 5.41 Å². The van der Waals surface area contributed by atoms with E-state index in [0.29, 0.717) is 4.47 Å². The number of hydrogen-bond donors (Lipinski definition) is 2. The fourth-order valence-electron chi connectivity index (χ4n) is 1.56. The van der Waals surface area contributed by atoms with Gasteiger partial charge in [-0.25, -0.2) is 13.1 Å². The van der Waals surface area contributed by atoms with Crippen LogP contribution in [0.1, 0.15) is 26.7 Å². The second-order valence-electron chi connectivity index (χ2n) is 4.25. The summed E-state index contributed by atoms with van der Waals surface area (Å²) < 4.78 is 27.6. The van der Waals surface area contributed by atoms with Gasteiger partial charge >= 0.3 is 0 Å². The fourth-order valence-corrected chi connectivity index (χ4v) is 5.10. The normalized spacial score (nSPS) is 12.9. The summed E-state index contributed by atoms with van der Waals surface area (Å²) >= 11 is 4.39. The number of aliphatic hydroxyl groups is 1. The maximum absolute atomic E-state index is 12.1. The third-order valence-electron chi connectivity index (χ3n) is 3.30. The van der Waals surface area contributed by atoms with Crippen molar-refractivity contribution >= 4 is 37.3 Å². The van der Waals surface area contributed by atoms with Crippen LogP contribution in [0.2, 0.25) is 0 Å². The van der Waals surface area contributed by atoms with Crippen LogP contribution in [0.5, 0.6) is 0 Å². The van der Waals surface area contributed by atoms with E-state index in [0.717, 1.165) is 12.8 Å². The third kappa shape index (κ3) is 3.54. The van der Waals surface area contributed by atoms with Gasteiger partial charge in [0.15, 0.2) is 0 Å². The highest BCUT2D eigenvalue weighted by molar-refractivity contribution is 9.10. The molecular weight excluding hydrogens is 338 g/mol. The van der Waals surface area contributed by atoms with Gasteiger partial charge in [0.2, 0.25) is 0 Å². The molecule has 0 spiro atoms. The molecule has 1 aromatic heterocycles. The molecule has 4 nitrogen and oxygen atoms in total. The topological polar surface area (TPSA) is 66.4 Å². The van der Waals surface area contributed by atoms with Gasteiger partial charge in [0, 0.05) is 23.0 Å². The summed E-state index contributed by atoms with van der Waals surface area (Å²) in [6.07, 6.45) is 1.46. The minimum atomic E-state index is -3.50. The number of aliphatic hydroxyl groups excluding tert-OH is 1. The molecule has 0 saturated carbocycles. The standard InChI is InChI=1S/C11H18BrNO3S2/c1-3-11(4-2,8-14)7-13-18(15,16)10-9(12)5-6-17-10/h5-6,13-14H,3-4,7-8H2,1-2H3. The van der Waals surface area contributed by atoms with Gasteiger partial charge in [0.1, 0.15) is 4.21 Å². The van der Waals surface area contributed by atoms with E-state index in [1.807, 2.05) is 13.8 Å². The average Bonchev–Trinajstić information content (AvgIpc) is 2.79. The van der Waals surface area contributed by atoms with E-state index >= 15 is 0 Å². The minimum absolute atomic E-state index is 0.0197. The summed E-state index contributed by atoms with van der Waals surface area (Å²) in [6.45, 7) is 4.14. The van der Waals surface area contributed by atoms with Gasteiger partial charge < -0.3 is 5.11 Å². The molecule has 2 N–H and O–H groups in total. The Morgan fingerprint density at radius 3 is 2.44 bits per heavy atom. The number of halogens is 1. The number of hydrogen-bond acceptors (Lipinski definition) is 4. The first-order chi connectivity index (χ1) is 8.40. The zero-order valence-corrected chi connectivity index (χ0v) is 13.7. The van der Waals surface area contributed by atoms with E-state index in [1.165, 1.54) is 11.3 Å². The molecule has 7 heteroatoms. The monoisotopic (exact) mass is 355 g/mol. The number of rotatable bonds is 7. The molecule has 1 heterocycles. The van der Waals surface area contributed by atoms with E-state index in [2.05, 4.69) is 20.7 Å². The van der Waals surface area contributed by atoms with Crippen molar-refractivity contribution in [1.82, 2.24) is 4.72 Å². The smallest absolute Gasteiger partial charge is 0.251 e. The SMILES string of the molecule is CCC(CC)(CO)CNS(=O)(=O)c1sccc1Br. The van der Waals surface area contributed by atoms with Gasteiger partial charge in [-0.1, -0.05) is 13.8 Å². The van der Waals surface area contributed by atoms with Crippen LogP contribution in [-0.2, 0) is 10.0 Å². The molecule has 0 aliphatic carbocycles. The molecule has 104 valence electrons. The Hall–Kier alpha value is 0.0500. The zero-order chi connectivity index (χ0) is 13.8. The van der Waals surface area contributed by atoms with Crippen LogP contribution in [-0.4, -0.2) is 26.7 Å². The van der Waals surface area contributed by atoms with Crippen LogP contribution in [0.4, 0.5) is 0 Å². The van der Waals surface area contributed by atoms with E-state index in [1.54, 1.807) is 11.4 Å². The maximum atomic E-state index is 12.1. The molecule has 1 aromatic rings. The van der Waals surface area contributed by atoms with Crippen molar-refractivity contribution in [3.63, 3.8) is 0 Å². The minimum Gasteiger partial charge on any atom is -0.396 e. The Kier molecular flexibility index (Phi) is 5.79. The maximum Gasteiger partial charge on any atom is 0.251 e. The molecule has 0 saturated heterocycles. The molecular formula is C11H18BrNO3S2. The second kappa shape index (κ2) is 6.47. The Balaban J connectivity index is 2.83. The average molecular weight is 356 g/mol. The van der Waals surface area contributed by atoms with Gasteiger partial charge in [0.25, 0.3) is 10.0 Å². The molecule has 1 rings (SSSR count). The van der Waals surface area contributed by atoms with Crippen molar-refractivity contribution in [3.05, 3.63) is 15.9 Å². The summed E-state index contributed by atoms with van der Waals surface area (Å²) in [7, 11) is -3.50. The van der Waals surface area contributed by atoms with Crippen LogP contribution in [0.25, 0.3) is 0 Å². The highest BCUT2D eigenvalue weighted by Gasteiger charge is 2.28. The Labute approximate surface area is 121 Å². The van der Waals surface area contributed by atoms with Crippen molar-refractivity contribution in [2.45, 2.75) is 30.9 Å². The lowest BCUT2D eigenvalue weighted by molar-refractivity contribution is 0.119. The third-order valence-corrected chi connectivity index (χ3v) is 7.37. The van der Waals surface area contributed by atoms with E-state index < -0.39 is 10.0 Å². The lowest BCUT2D eigenvalue weighted by Gasteiger charge is -2.29. The summed E-state index contributed by atoms with van der Waals surface area (Å²) in [5, 5.41) is 11.1. The molecule has 0 unspecified atom stereocenters. The summed E-state index contributed by atoms with van der Waals surface area (Å²) in [4.78, 5) is 0. The first kappa shape index (κ1) is 16.1. The summed E-state index contributed by atoms with van der Waals surface area (Å²) in [5.74, 6) is 0. The molecule has 0 aliphatic heterocycles. The molecule has 0 bridgehead atoms. The van der Waals surface area contributed by atoms with E-state index in [9.17, 15) is 13.5 Å². The van der Waals surface area contributed by atoms with Crippen LogP contribution >= 0.6 is 27.3 Å². The van der Waals surface area contributed by atoms with Crippen LogP contribution in [0, 0.1) is 5.41 Å². The Morgan fingerprint density at radius 1 is 1.44 bits per heavy atom. The van der Waals surface area contributed by atoms with Gasteiger partial charge in [-0.15, -0.1) is 11.3 Å². The predicted octanol–water partition coefficient (Wildman–Crippen LogP) is 2.59. The molecule has 0 radical (unpaired) electrons. The van der Waals surface area contributed by atoms with E-state index in [4.69, 9.17) is 0 Å². The fraction of sp³-hybridized carbons (Fsp3) is 0.636. The second-order valence-corrected chi connectivity index (χ2v) is 7.98. The number of thiophene rings is 1. The van der Waals surface area contributed by atoms with Crippen molar-refractivity contribution < 1.29 is 13.5 Å². The van der Waals surface area contributed by atoms with Gasteiger partial charge in [-0.2, -0.15) is 0 Å². The van der Waals surface area contributed by atoms with Gasteiger partial charge in [-0.3, -0.25) is 0 Å². The predicted molar refractivity (Wildman–Crippen MR) is 77.3 cm³/mol.